The van der Waals surface area contributed by atoms with E-state index in [0.29, 0.717) is 10.9 Å². The van der Waals surface area contributed by atoms with Crippen LogP contribution in [-0.2, 0) is 16.1 Å². The molecule has 2 aromatic rings. The number of aromatic nitrogens is 2. The van der Waals surface area contributed by atoms with E-state index in [4.69, 9.17) is 10.7 Å². The molecule has 0 aliphatic heterocycles. The molecule has 0 fully saturated rings. The van der Waals surface area contributed by atoms with Gasteiger partial charge in [-0.2, -0.15) is 0 Å². The summed E-state index contributed by atoms with van der Waals surface area (Å²) in [6.45, 7) is 0. The Morgan fingerprint density at radius 3 is 2.76 bits per heavy atom. The Hall–Kier alpha value is -0.740. The smallest absolute Gasteiger partial charge is 0.278 e. The minimum atomic E-state index is -3.93. The van der Waals surface area contributed by atoms with E-state index >= 15 is 0 Å². The van der Waals surface area contributed by atoms with Gasteiger partial charge >= 0.3 is 0 Å². The molecule has 2 rings (SSSR count). The van der Waals surface area contributed by atoms with Crippen LogP contribution >= 0.6 is 33.5 Å². The minimum absolute atomic E-state index is 0.117. The van der Waals surface area contributed by atoms with Crippen molar-refractivity contribution in [2.45, 2.75) is 5.03 Å². The van der Waals surface area contributed by atoms with Gasteiger partial charge in [-0.1, -0.05) is 0 Å². The zero-order valence-electron chi connectivity index (χ0n) is 8.49. The second-order valence-corrected chi connectivity index (χ2v) is 6.36. The molecule has 92 valence electrons. The van der Waals surface area contributed by atoms with Crippen LogP contribution in [0, 0.1) is 0 Å². The maximum atomic E-state index is 11.7. The van der Waals surface area contributed by atoms with Crippen molar-refractivity contribution in [1.29, 1.82) is 0 Å². The van der Waals surface area contributed by atoms with Crippen LogP contribution in [0.5, 0.6) is 0 Å². The summed E-state index contributed by atoms with van der Waals surface area (Å²) in [5, 5.41) is 0.398. The molecule has 0 aliphatic rings. The molecular formula is C8H7ClIN3O3S. The Morgan fingerprint density at radius 1 is 1.59 bits per heavy atom. The quantitative estimate of drug-likeness (QED) is 0.465. The van der Waals surface area contributed by atoms with Crippen LogP contribution in [0.3, 0.4) is 0 Å². The lowest BCUT2D eigenvalue weighted by molar-refractivity contribution is 0.0983. The summed E-state index contributed by atoms with van der Waals surface area (Å²) in [7, 11) is 2.91. The molecule has 0 bridgehead atoms. The molecule has 1 amide bonds. The second kappa shape index (κ2) is 4.18. The van der Waals surface area contributed by atoms with E-state index in [-0.39, 0.29) is 16.6 Å². The van der Waals surface area contributed by atoms with Gasteiger partial charge in [0.15, 0.2) is 5.03 Å². The number of rotatable bonds is 2. The number of nitrogens with zero attached hydrogens (tertiary/aromatic N) is 1. The van der Waals surface area contributed by atoms with Crippen LogP contribution in [0.1, 0.15) is 10.5 Å². The summed E-state index contributed by atoms with van der Waals surface area (Å²) in [5.74, 6) is -0.385. The zero-order chi connectivity index (χ0) is 12.8. The molecule has 9 heteroatoms. The van der Waals surface area contributed by atoms with E-state index in [2.05, 4.69) is 8.51 Å². The van der Waals surface area contributed by atoms with Gasteiger partial charge in [-0.3, -0.25) is 8.32 Å². The molecule has 2 heterocycles. The molecule has 6 nitrogen and oxygen atoms in total. The highest BCUT2D eigenvalue weighted by Crippen LogP contribution is 2.30. The molecule has 0 saturated carbocycles. The number of hydrogen-bond acceptors (Lipinski definition) is 3. The number of H-pyrrole nitrogens is 1. The standard InChI is InChI=1S/C8H7ClIN3O3S/c1-13-6(7(14)12-10)4-2-3-11-5(4)8(13)17(9,15)16/h2-3,11H,1H3,(H,12,14). The van der Waals surface area contributed by atoms with Crippen molar-refractivity contribution in [2.75, 3.05) is 0 Å². The number of halogens is 2. The fourth-order valence-corrected chi connectivity index (χ4v) is 3.43. The van der Waals surface area contributed by atoms with Crippen molar-refractivity contribution in [1.82, 2.24) is 13.1 Å². The Labute approximate surface area is 115 Å². The van der Waals surface area contributed by atoms with Gasteiger partial charge in [0.1, 0.15) is 5.69 Å². The number of hydrogen-bond donors (Lipinski definition) is 2. The first-order valence-electron chi connectivity index (χ1n) is 4.39. The van der Waals surface area contributed by atoms with E-state index in [1.165, 1.54) is 11.6 Å². The second-order valence-electron chi connectivity index (χ2n) is 3.34. The van der Waals surface area contributed by atoms with E-state index in [1.54, 1.807) is 35.1 Å². The summed E-state index contributed by atoms with van der Waals surface area (Å²) in [6.07, 6.45) is 1.56. The highest BCUT2D eigenvalue weighted by Gasteiger charge is 2.27. The van der Waals surface area contributed by atoms with Crippen LogP contribution < -0.4 is 3.53 Å². The average Bonchev–Trinajstić information content (AvgIpc) is 2.73. The van der Waals surface area contributed by atoms with E-state index < -0.39 is 9.05 Å². The lowest BCUT2D eigenvalue weighted by atomic mass is 10.3. The molecule has 0 atom stereocenters. The van der Waals surface area contributed by atoms with Crippen molar-refractivity contribution < 1.29 is 13.2 Å². The molecule has 0 aromatic carbocycles. The van der Waals surface area contributed by atoms with Gasteiger partial charge in [0.2, 0.25) is 0 Å². The van der Waals surface area contributed by atoms with Crippen LogP contribution in [-0.4, -0.2) is 23.9 Å². The number of nitrogens with one attached hydrogen (secondary N) is 2. The predicted molar refractivity (Wildman–Crippen MR) is 71.8 cm³/mol. The summed E-state index contributed by atoms with van der Waals surface area (Å²) in [4.78, 5) is 14.5. The summed E-state index contributed by atoms with van der Waals surface area (Å²) < 4.78 is 26.7. The topological polar surface area (TPSA) is 84.0 Å². The van der Waals surface area contributed by atoms with Gasteiger partial charge in [-0.25, -0.2) is 8.42 Å². The van der Waals surface area contributed by atoms with Gasteiger partial charge in [-0.15, -0.1) is 0 Å². The molecule has 0 saturated heterocycles. The van der Waals surface area contributed by atoms with Crippen LogP contribution in [0.2, 0.25) is 0 Å². The van der Waals surface area contributed by atoms with Crippen LogP contribution in [0.15, 0.2) is 17.3 Å². The zero-order valence-corrected chi connectivity index (χ0v) is 12.2. The predicted octanol–water partition coefficient (Wildman–Crippen LogP) is 1.51. The van der Waals surface area contributed by atoms with Gasteiger partial charge in [-0.05, 0) is 6.07 Å². The number of amides is 1. The van der Waals surface area contributed by atoms with E-state index in [9.17, 15) is 13.2 Å². The Kier molecular flexibility index (Phi) is 3.12. The minimum Gasteiger partial charge on any atom is -0.359 e. The van der Waals surface area contributed by atoms with Gasteiger partial charge in [0.05, 0.1) is 28.4 Å². The number of carbonyl (C=O) groups is 1. The first-order valence-corrected chi connectivity index (χ1v) is 7.78. The third kappa shape index (κ3) is 1.93. The molecular weight excluding hydrogens is 381 g/mol. The molecule has 17 heavy (non-hydrogen) atoms. The summed E-state index contributed by atoms with van der Waals surface area (Å²) in [5.41, 5.74) is 0.576. The molecule has 0 radical (unpaired) electrons. The maximum absolute atomic E-state index is 11.7. The van der Waals surface area contributed by atoms with E-state index in [1.807, 2.05) is 0 Å². The van der Waals surface area contributed by atoms with Crippen molar-refractivity contribution in [3.8, 4) is 0 Å². The number of fused-ring (bicyclic) bond motifs is 1. The lowest BCUT2D eigenvalue weighted by Gasteiger charge is -2.03. The van der Waals surface area contributed by atoms with Gasteiger partial charge in [0, 0.05) is 29.3 Å². The summed E-state index contributed by atoms with van der Waals surface area (Å²) >= 11 is 1.69. The Balaban J connectivity index is 2.92. The molecule has 0 spiro atoms. The molecule has 0 unspecified atom stereocenters. The molecule has 2 N–H and O–H groups in total. The van der Waals surface area contributed by atoms with Crippen LogP contribution in [0.4, 0.5) is 0 Å². The highest BCUT2D eigenvalue weighted by molar-refractivity contribution is 14.1. The fourth-order valence-electron chi connectivity index (χ4n) is 1.80. The number of carbonyl (C=O) groups excluding carboxylic acids is 1. The normalized spacial score (nSPS) is 11.9. The van der Waals surface area contributed by atoms with Gasteiger partial charge in [0.25, 0.3) is 15.0 Å². The first kappa shape index (κ1) is 12.7. The summed E-state index contributed by atoms with van der Waals surface area (Å²) in [6, 6.07) is 1.63. The van der Waals surface area contributed by atoms with Crippen molar-refractivity contribution in [3.63, 3.8) is 0 Å². The van der Waals surface area contributed by atoms with Gasteiger partial charge < -0.3 is 9.55 Å². The largest absolute Gasteiger partial charge is 0.359 e. The average molecular weight is 388 g/mol. The third-order valence-corrected chi connectivity index (χ3v) is 4.26. The Bertz CT molecular complexity index is 703. The van der Waals surface area contributed by atoms with Crippen LogP contribution in [0.25, 0.3) is 10.9 Å². The lowest BCUT2D eigenvalue weighted by Crippen LogP contribution is -2.17. The number of aromatic amines is 1. The monoisotopic (exact) mass is 387 g/mol. The molecule has 0 aliphatic carbocycles. The Morgan fingerprint density at radius 2 is 2.24 bits per heavy atom. The van der Waals surface area contributed by atoms with E-state index in [0.717, 1.165) is 0 Å². The fraction of sp³-hybridized carbons (Fsp3) is 0.125. The first-order chi connectivity index (χ1) is 7.88. The molecule has 2 aromatic heterocycles. The van der Waals surface area contributed by atoms with Crippen molar-refractivity contribution in [2.24, 2.45) is 7.05 Å². The SMILES string of the molecule is Cn1c(C(=O)NI)c2cc[nH]c2c1S(=O)(=O)Cl. The highest BCUT2D eigenvalue weighted by atomic mass is 127. The third-order valence-electron chi connectivity index (χ3n) is 2.39. The maximum Gasteiger partial charge on any atom is 0.278 e. The van der Waals surface area contributed by atoms with Crippen molar-refractivity contribution in [3.05, 3.63) is 18.0 Å². The van der Waals surface area contributed by atoms with Crippen molar-refractivity contribution >= 4 is 59.4 Å².